The summed E-state index contributed by atoms with van der Waals surface area (Å²) >= 11 is 0. The summed E-state index contributed by atoms with van der Waals surface area (Å²) in [6, 6.07) is 0. The van der Waals surface area contributed by atoms with Gasteiger partial charge in [0.1, 0.15) is 0 Å². The van der Waals surface area contributed by atoms with E-state index in [0.29, 0.717) is 0 Å². The molecule has 0 heterocycles. The first-order valence-corrected chi connectivity index (χ1v) is 17.6. The zero-order chi connectivity index (χ0) is 26.7. The van der Waals surface area contributed by atoms with Crippen molar-refractivity contribution < 1.29 is 0 Å². The average molecular weight is 516 g/mol. The second kappa shape index (κ2) is 25.6. The molecule has 0 aromatic carbocycles. The Kier molecular flexibility index (Phi) is 24.9. The van der Waals surface area contributed by atoms with Crippen LogP contribution in [-0.2, 0) is 0 Å². The smallest absolute Gasteiger partial charge is 0.00215 e. The Morgan fingerprint density at radius 2 is 1.17 bits per heavy atom. The van der Waals surface area contributed by atoms with Gasteiger partial charge in [-0.2, -0.15) is 0 Å². The molecule has 1 unspecified atom stereocenters. The summed E-state index contributed by atoms with van der Waals surface area (Å²) in [5, 5.41) is 0. The number of allylic oxidation sites excluding steroid dienone is 9. The van der Waals surface area contributed by atoms with E-state index >= 15 is 0 Å². The van der Waals surface area contributed by atoms with Crippen LogP contribution in [0.4, 0.5) is 0 Å². The highest BCUT2D eigenvalue weighted by atomic mass is 31.2. The minimum atomic E-state index is -0.936. The van der Waals surface area contributed by atoms with E-state index in [2.05, 4.69) is 94.3 Å². The van der Waals surface area contributed by atoms with E-state index in [4.69, 9.17) is 0 Å². The molecule has 0 saturated carbocycles. The van der Waals surface area contributed by atoms with Crippen molar-refractivity contribution in [3.8, 4) is 0 Å². The summed E-state index contributed by atoms with van der Waals surface area (Å²) in [6.45, 7) is 9.22. The lowest BCUT2D eigenvalue weighted by atomic mass is 10.0. The summed E-state index contributed by atoms with van der Waals surface area (Å²) in [5.74, 6) is 0. The van der Waals surface area contributed by atoms with Gasteiger partial charge in [0.05, 0.1) is 0 Å². The Hall–Kier alpha value is -1.04. The summed E-state index contributed by atoms with van der Waals surface area (Å²) in [4.78, 5) is 2.30. The molecule has 0 spiro atoms. The fourth-order valence-electron chi connectivity index (χ4n) is 4.31. The quantitative estimate of drug-likeness (QED) is 0.0664. The molecule has 0 aromatic rings. The van der Waals surface area contributed by atoms with Gasteiger partial charge in [0, 0.05) is 0 Å². The number of unbranched alkanes of at least 4 members (excludes halogenated alkanes) is 6. The minimum absolute atomic E-state index is 0.936. The monoisotopic (exact) mass is 515 g/mol. The van der Waals surface area contributed by atoms with E-state index in [1.807, 2.05) is 0 Å². The second-order valence-electron chi connectivity index (χ2n) is 10.8. The topological polar surface area (TPSA) is 3.24 Å². The van der Waals surface area contributed by atoms with Crippen molar-refractivity contribution >= 4 is 13.2 Å². The number of hydrogen-bond acceptors (Lipinski definition) is 1. The van der Waals surface area contributed by atoms with Crippen LogP contribution in [0.15, 0.2) is 60.8 Å². The molecule has 0 aromatic heterocycles. The van der Waals surface area contributed by atoms with E-state index in [9.17, 15) is 0 Å². The van der Waals surface area contributed by atoms with Gasteiger partial charge in [-0.15, -0.1) is 13.2 Å². The Balaban J connectivity index is 3.67. The Morgan fingerprint density at radius 3 is 1.72 bits per heavy atom. The third-order valence-corrected chi connectivity index (χ3v) is 10.8. The lowest BCUT2D eigenvalue weighted by Gasteiger charge is -2.24. The predicted octanol–water partition coefficient (Wildman–Crippen LogP) is 10.7. The van der Waals surface area contributed by atoms with Crippen LogP contribution in [0.2, 0.25) is 0 Å². The van der Waals surface area contributed by atoms with Gasteiger partial charge in [0.15, 0.2) is 0 Å². The molecular weight excluding hydrogens is 453 g/mol. The van der Waals surface area contributed by atoms with Crippen molar-refractivity contribution in [3.05, 3.63) is 60.8 Å². The lowest BCUT2D eigenvalue weighted by molar-refractivity contribution is 0.409. The molecule has 0 rings (SSSR count). The van der Waals surface area contributed by atoms with Crippen molar-refractivity contribution in [2.75, 3.05) is 39.1 Å². The third kappa shape index (κ3) is 24.6. The molecule has 1 atom stereocenters. The van der Waals surface area contributed by atoms with E-state index in [1.165, 1.54) is 108 Å². The van der Waals surface area contributed by atoms with E-state index in [1.54, 1.807) is 0 Å². The number of hydrogen-bond donors (Lipinski definition) is 0. The van der Waals surface area contributed by atoms with E-state index < -0.39 is 6.89 Å². The molecular formula is C34H62NP. The molecule has 0 N–H and O–H groups in total. The van der Waals surface area contributed by atoms with Crippen LogP contribution < -0.4 is 0 Å². The minimum Gasteiger partial charge on any atom is -0.309 e. The van der Waals surface area contributed by atoms with Crippen molar-refractivity contribution in [2.24, 2.45) is 0 Å². The molecule has 0 aliphatic rings. The lowest BCUT2D eigenvalue weighted by Crippen LogP contribution is -2.14. The number of nitrogens with zero attached hydrogens (tertiary/aromatic N) is 1. The van der Waals surface area contributed by atoms with Gasteiger partial charge in [0.2, 0.25) is 0 Å². The van der Waals surface area contributed by atoms with Crippen LogP contribution in [0.1, 0.15) is 110 Å². The maximum Gasteiger partial charge on any atom is -0.00215 e. The largest absolute Gasteiger partial charge is 0.309 e. The maximum atomic E-state index is 4.69. The SMILES string of the molecule is C=C(CCC/C=C\C/C=C\C/C=C\C/C=C\CCCCC)CCCCCP(=C)(CC)CCCN(C)C. The first-order chi connectivity index (χ1) is 17.4. The van der Waals surface area contributed by atoms with Gasteiger partial charge < -0.3 is 4.90 Å². The zero-order valence-corrected chi connectivity index (χ0v) is 25.8. The van der Waals surface area contributed by atoms with Crippen LogP contribution in [0.25, 0.3) is 0 Å². The van der Waals surface area contributed by atoms with Crippen LogP contribution >= 0.6 is 6.89 Å². The van der Waals surface area contributed by atoms with E-state index in [0.717, 1.165) is 19.3 Å². The average Bonchev–Trinajstić information content (AvgIpc) is 2.85. The predicted molar refractivity (Wildman–Crippen MR) is 173 cm³/mol. The standard InChI is InChI=1S/C34H62NP/c1-7-9-10-11-12-13-14-15-16-17-18-19-20-21-22-23-25-29-34(3)30-26-24-27-32-36(6,8-2)33-28-31-35(4)5/h12-13,15-16,18-19,21-22H,3,6-11,14,17,20,23-33H2,1-2,4-5H3/b13-12-,16-15-,19-18-,22-21-. The van der Waals surface area contributed by atoms with Crippen LogP contribution in [0.3, 0.4) is 0 Å². The summed E-state index contributed by atoms with van der Waals surface area (Å²) in [7, 11) is 4.35. The number of rotatable bonds is 25. The van der Waals surface area contributed by atoms with Crippen LogP contribution in [-0.4, -0.2) is 50.3 Å². The van der Waals surface area contributed by atoms with Crippen molar-refractivity contribution in [2.45, 2.75) is 110 Å². The fourth-order valence-corrected chi connectivity index (χ4v) is 6.87. The molecule has 0 fully saturated rings. The molecule has 36 heavy (non-hydrogen) atoms. The summed E-state index contributed by atoms with van der Waals surface area (Å²) in [5.41, 5.74) is 1.45. The Morgan fingerprint density at radius 1 is 0.639 bits per heavy atom. The first kappa shape index (κ1) is 35.0. The maximum absolute atomic E-state index is 4.69. The molecule has 0 aliphatic heterocycles. The summed E-state index contributed by atoms with van der Waals surface area (Å²) < 4.78 is 0. The molecule has 0 aliphatic carbocycles. The molecule has 0 bridgehead atoms. The normalized spacial score (nSPS) is 14.2. The molecule has 0 radical (unpaired) electrons. The van der Waals surface area contributed by atoms with Gasteiger partial charge in [-0.25, -0.2) is 0 Å². The van der Waals surface area contributed by atoms with Crippen LogP contribution in [0, 0.1) is 0 Å². The van der Waals surface area contributed by atoms with Crippen molar-refractivity contribution in [3.63, 3.8) is 0 Å². The summed E-state index contributed by atoms with van der Waals surface area (Å²) in [6.07, 6.45) is 45.7. The third-order valence-electron chi connectivity index (χ3n) is 6.93. The van der Waals surface area contributed by atoms with Gasteiger partial charge in [-0.3, -0.25) is 0 Å². The highest BCUT2D eigenvalue weighted by molar-refractivity contribution is 7.73. The van der Waals surface area contributed by atoms with Crippen LogP contribution in [0.5, 0.6) is 0 Å². The second-order valence-corrected chi connectivity index (χ2v) is 15.0. The highest BCUT2D eigenvalue weighted by Gasteiger charge is 2.11. The van der Waals surface area contributed by atoms with Gasteiger partial charge in [-0.1, -0.05) is 93.9 Å². The van der Waals surface area contributed by atoms with Gasteiger partial charge in [-0.05, 0) is 116 Å². The molecule has 2 heteroatoms. The zero-order valence-electron chi connectivity index (χ0n) is 24.9. The Bertz CT molecular complexity index is 665. The van der Waals surface area contributed by atoms with Gasteiger partial charge in [0.25, 0.3) is 0 Å². The van der Waals surface area contributed by atoms with Crippen molar-refractivity contribution in [1.82, 2.24) is 4.90 Å². The molecule has 208 valence electrons. The van der Waals surface area contributed by atoms with E-state index in [-0.39, 0.29) is 0 Å². The highest BCUT2D eigenvalue weighted by Crippen LogP contribution is 2.46. The van der Waals surface area contributed by atoms with Crippen molar-refractivity contribution in [1.29, 1.82) is 0 Å². The molecule has 0 amide bonds. The molecule has 1 nitrogen and oxygen atoms in total. The van der Waals surface area contributed by atoms with Gasteiger partial charge >= 0.3 is 0 Å². The Labute approximate surface area is 227 Å². The first-order valence-electron chi connectivity index (χ1n) is 15.0. The fraction of sp³-hybridized carbons (Fsp3) is 0.676. The molecule has 0 saturated heterocycles.